The number of carbonyl (C=O) groups excluding carboxylic acids is 2. The van der Waals surface area contributed by atoms with Gasteiger partial charge in [0.05, 0.1) is 29.8 Å². The van der Waals surface area contributed by atoms with Crippen LogP contribution < -0.4 is 10.8 Å². The molecule has 0 spiro atoms. The van der Waals surface area contributed by atoms with Crippen LogP contribution in [0, 0.1) is 10.1 Å². The first-order valence-corrected chi connectivity index (χ1v) is 10.6. The van der Waals surface area contributed by atoms with Gasteiger partial charge < -0.3 is 19.2 Å². The van der Waals surface area contributed by atoms with E-state index >= 15 is 0 Å². The molecule has 0 fully saturated rings. The minimum absolute atomic E-state index is 0.00803. The number of ether oxygens (including phenoxy) is 2. The van der Waals surface area contributed by atoms with Crippen molar-refractivity contribution in [3.63, 3.8) is 0 Å². The van der Waals surface area contributed by atoms with Gasteiger partial charge in [-0.25, -0.2) is 5.48 Å². The predicted molar refractivity (Wildman–Crippen MR) is 120 cm³/mol. The average Bonchev–Trinajstić information content (AvgIpc) is 3.28. The third kappa shape index (κ3) is 6.16. The Morgan fingerprint density at radius 1 is 1.15 bits per heavy atom. The number of nitro benzene ring substituents is 1. The molecule has 3 rings (SSSR count). The van der Waals surface area contributed by atoms with Crippen molar-refractivity contribution in [1.82, 2.24) is 10.8 Å². The molecule has 3 aromatic rings. The minimum atomic E-state index is -0.869. The van der Waals surface area contributed by atoms with Gasteiger partial charge in [0.25, 0.3) is 17.5 Å². The fourth-order valence-electron chi connectivity index (χ4n) is 3.51. The van der Waals surface area contributed by atoms with Gasteiger partial charge in [-0.05, 0) is 31.5 Å². The number of furan rings is 1. The Kier molecular flexibility index (Phi) is 8.68. The van der Waals surface area contributed by atoms with Crippen LogP contribution in [0.25, 0.3) is 11.0 Å². The molecule has 11 nitrogen and oxygen atoms in total. The molecule has 180 valence electrons. The van der Waals surface area contributed by atoms with Crippen molar-refractivity contribution in [3.8, 4) is 0 Å². The van der Waals surface area contributed by atoms with E-state index in [1.165, 1.54) is 30.5 Å². The van der Waals surface area contributed by atoms with E-state index in [2.05, 4.69) is 5.32 Å². The zero-order chi connectivity index (χ0) is 24.5. The number of nitrogens with one attached hydrogen (secondary N) is 2. The van der Waals surface area contributed by atoms with Crippen molar-refractivity contribution in [2.45, 2.75) is 25.3 Å². The number of para-hydroxylation sites is 1. The van der Waals surface area contributed by atoms with Crippen molar-refractivity contribution in [1.29, 1.82) is 0 Å². The molecular weight excluding hydrogens is 446 g/mol. The summed E-state index contributed by atoms with van der Waals surface area (Å²) in [5.74, 6) is -2.04. The Balaban J connectivity index is 1.82. The zero-order valence-corrected chi connectivity index (χ0v) is 18.4. The summed E-state index contributed by atoms with van der Waals surface area (Å²) < 4.78 is 16.2. The summed E-state index contributed by atoms with van der Waals surface area (Å²) in [7, 11) is 0. The van der Waals surface area contributed by atoms with Crippen LogP contribution in [0.2, 0.25) is 0 Å². The Morgan fingerprint density at radius 3 is 2.56 bits per heavy atom. The van der Waals surface area contributed by atoms with Crippen LogP contribution in [0.5, 0.6) is 0 Å². The van der Waals surface area contributed by atoms with Crippen LogP contribution in [0.3, 0.4) is 0 Å². The normalized spacial score (nSPS) is 12.8. The first kappa shape index (κ1) is 24.8. The molecule has 11 heteroatoms. The number of non-ortho nitro benzene ring substituents is 1. The maximum Gasteiger partial charge on any atom is 0.269 e. The Bertz CT molecular complexity index is 1130. The highest BCUT2D eigenvalue weighted by Crippen LogP contribution is 2.31. The predicted octanol–water partition coefficient (Wildman–Crippen LogP) is 3.13. The Morgan fingerprint density at radius 2 is 1.88 bits per heavy atom. The van der Waals surface area contributed by atoms with Crippen molar-refractivity contribution < 1.29 is 33.6 Å². The Labute approximate surface area is 194 Å². The first-order chi connectivity index (χ1) is 16.4. The van der Waals surface area contributed by atoms with Crippen LogP contribution in [-0.2, 0) is 14.3 Å². The quantitative estimate of drug-likeness (QED) is 0.120. The van der Waals surface area contributed by atoms with Gasteiger partial charge in [0.1, 0.15) is 12.4 Å². The highest BCUT2D eigenvalue weighted by molar-refractivity contribution is 5.95. The molecule has 2 unspecified atom stereocenters. The van der Waals surface area contributed by atoms with Crippen LogP contribution in [-0.4, -0.2) is 48.0 Å². The summed E-state index contributed by atoms with van der Waals surface area (Å²) in [6.45, 7) is 2.26. The number of hydrogen-bond donors (Lipinski definition) is 3. The molecular formula is C23H25N3O8. The summed E-state index contributed by atoms with van der Waals surface area (Å²) in [4.78, 5) is 35.7. The van der Waals surface area contributed by atoms with Crippen LogP contribution in [0.1, 0.15) is 35.2 Å². The zero-order valence-electron chi connectivity index (χ0n) is 18.4. The van der Waals surface area contributed by atoms with Gasteiger partial charge in [0.2, 0.25) is 0 Å². The van der Waals surface area contributed by atoms with E-state index < -0.39 is 28.7 Å². The number of nitrogens with zero attached hydrogens (tertiary/aromatic N) is 1. The second-order valence-electron chi connectivity index (χ2n) is 7.41. The molecule has 2 amide bonds. The summed E-state index contributed by atoms with van der Waals surface area (Å²) in [5.41, 5.74) is 2.86. The lowest BCUT2D eigenvalue weighted by Gasteiger charge is -2.23. The molecule has 0 bridgehead atoms. The maximum absolute atomic E-state index is 12.8. The average molecular weight is 471 g/mol. The first-order valence-electron chi connectivity index (χ1n) is 10.6. The highest BCUT2D eigenvalue weighted by atomic mass is 16.7. The summed E-state index contributed by atoms with van der Waals surface area (Å²) in [6.07, 6.45) is 1.52. The molecule has 0 saturated carbocycles. The number of benzene rings is 2. The number of carbonyl (C=O) groups is 2. The fraction of sp³-hybridized carbons (Fsp3) is 0.304. The number of fused-ring (bicyclic) bond motifs is 1. The fourth-order valence-corrected chi connectivity index (χ4v) is 3.51. The van der Waals surface area contributed by atoms with E-state index in [-0.39, 0.29) is 31.1 Å². The Hall–Kier alpha value is -3.80. The van der Waals surface area contributed by atoms with E-state index in [9.17, 15) is 24.9 Å². The van der Waals surface area contributed by atoms with Gasteiger partial charge in [-0.2, -0.15) is 0 Å². The molecule has 0 radical (unpaired) electrons. The maximum atomic E-state index is 12.8. The second-order valence-corrected chi connectivity index (χ2v) is 7.41. The molecule has 2 atom stereocenters. The molecule has 2 aromatic carbocycles. The topological polar surface area (TPSA) is 153 Å². The minimum Gasteiger partial charge on any atom is -0.464 e. The summed E-state index contributed by atoms with van der Waals surface area (Å²) >= 11 is 0. The highest BCUT2D eigenvalue weighted by Gasteiger charge is 2.29. The number of amides is 2. The molecule has 3 N–H and O–H groups in total. The van der Waals surface area contributed by atoms with Crippen LogP contribution in [0.4, 0.5) is 5.69 Å². The molecule has 1 heterocycles. The molecule has 0 aliphatic carbocycles. The molecule has 34 heavy (non-hydrogen) atoms. The van der Waals surface area contributed by atoms with Gasteiger partial charge in [0, 0.05) is 35.3 Å². The van der Waals surface area contributed by atoms with E-state index in [0.29, 0.717) is 23.1 Å². The second kappa shape index (κ2) is 11.9. The van der Waals surface area contributed by atoms with E-state index in [1.54, 1.807) is 29.7 Å². The van der Waals surface area contributed by atoms with Gasteiger partial charge in [0.15, 0.2) is 0 Å². The van der Waals surface area contributed by atoms with Gasteiger partial charge >= 0.3 is 0 Å². The number of hydrogen-bond acceptors (Lipinski definition) is 8. The smallest absolute Gasteiger partial charge is 0.269 e. The monoisotopic (exact) mass is 471 g/mol. The van der Waals surface area contributed by atoms with E-state index in [1.807, 2.05) is 6.92 Å². The van der Waals surface area contributed by atoms with Gasteiger partial charge in [-0.1, -0.05) is 18.2 Å². The molecule has 0 saturated heterocycles. The SMILES string of the molecule is CCOCOCC(CC(C(=O)NO)c1coc2ccccc12)NC(=O)c1ccc([N+](=O)[O-])cc1. The van der Waals surface area contributed by atoms with Crippen molar-refractivity contribution in [2.75, 3.05) is 20.0 Å². The number of rotatable bonds is 12. The lowest BCUT2D eigenvalue weighted by Crippen LogP contribution is -2.41. The van der Waals surface area contributed by atoms with Crippen LogP contribution in [0.15, 0.2) is 59.2 Å². The number of nitro groups is 1. The van der Waals surface area contributed by atoms with Crippen molar-refractivity contribution in [3.05, 3.63) is 76.0 Å². The lowest BCUT2D eigenvalue weighted by atomic mass is 9.91. The molecule has 1 aromatic heterocycles. The van der Waals surface area contributed by atoms with Gasteiger partial charge in [-0.3, -0.25) is 24.9 Å². The standard InChI is InChI=1S/C23H25N3O8/c1-2-32-14-33-12-16(24-22(27)15-7-9-17(10-8-15)26(30)31)11-19(23(28)25-29)20-13-34-21-6-4-3-5-18(20)21/h3-10,13,16,19,29H,2,11-12,14H2,1H3,(H,24,27)(H,25,28). The van der Waals surface area contributed by atoms with Crippen molar-refractivity contribution >= 4 is 28.5 Å². The van der Waals surface area contributed by atoms with Crippen LogP contribution >= 0.6 is 0 Å². The largest absolute Gasteiger partial charge is 0.464 e. The number of hydroxylamine groups is 1. The lowest BCUT2D eigenvalue weighted by molar-refractivity contribution is -0.384. The molecule has 0 aliphatic heterocycles. The summed E-state index contributed by atoms with van der Waals surface area (Å²) in [6, 6.07) is 11.6. The third-order valence-electron chi connectivity index (χ3n) is 5.20. The third-order valence-corrected chi connectivity index (χ3v) is 5.20. The van der Waals surface area contributed by atoms with E-state index in [4.69, 9.17) is 13.9 Å². The van der Waals surface area contributed by atoms with Crippen molar-refractivity contribution in [2.24, 2.45) is 0 Å². The summed E-state index contributed by atoms with van der Waals surface area (Å²) in [5, 5.41) is 23.7. The molecule has 0 aliphatic rings. The van der Waals surface area contributed by atoms with Gasteiger partial charge in [-0.15, -0.1) is 0 Å². The van der Waals surface area contributed by atoms with E-state index in [0.717, 1.165) is 0 Å².